The van der Waals surface area contributed by atoms with E-state index in [-0.39, 0.29) is 81.6 Å². The molecule has 0 aliphatic carbocycles. The number of carbonyl (C=O) groups is 3. The number of aryl methyl sites for hydroxylation is 1. The molecule has 0 heterocycles. The van der Waals surface area contributed by atoms with E-state index in [1.165, 1.54) is 18.4 Å². The Hall–Kier alpha value is -0.861. The van der Waals surface area contributed by atoms with E-state index < -0.39 is 23.9 Å². The Balaban J connectivity index is -0.000000113. The largest absolute Gasteiger partial charge is 1.00 e. The van der Waals surface area contributed by atoms with Crippen LogP contribution in [0.4, 0.5) is 0 Å². The number of hydrogen-bond acceptors (Lipinski definition) is 4. The van der Waals surface area contributed by atoms with Crippen LogP contribution in [0.3, 0.4) is 0 Å². The first-order chi connectivity index (χ1) is 14.8. The second-order valence-electron chi connectivity index (χ2n) is 5.87. The average molecular weight is 530 g/mol. The quantitative estimate of drug-likeness (QED) is 0.136. The van der Waals surface area contributed by atoms with Crippen LogP contribution < -0.4 is 56.7 Å². The predicted molar refractivity (Wildman–Crippen MR) is 119 cm³/mol. The Morgan fingerprint density at radius 1 is 1.09 bits per heavy atom. The van der Waals surface area contributed by atoms with Gasteiger partial charge in [-0.25, -0.2) is 0 Å². The molecule has 1 aromatic rings. The van der Waals surface area contributed by atoms with Gasteiger partial charge in [-0.1, -0.05) is 53.4 Å². The first-order valence-electron chi connectivity index (χ1n) is 10.4. The van der Waals surface area contributed by atoms with E-state index >= 15 is 0 Å². The van der Waals surface area contributed by atoms with E-state index in [1.807, 2.05) is 31.3 Å². The molecule has 0 unspecified atom stereocenters. The third-order valence-electron chi connectivity index (χ3n) is 3.50. The maximum atomic E-state index is 10.3. The summed E-state index contributed by atoms with van der Waals surface area (Å²) in [5, 5.41) is 26.6. The Kier molecular flexibility index (Phi) is 42.7. The van der Waals surface area contributed by atoms with Gasteiger partial charge in [0, 0.05) is 23.8 Å². The van der Waals surface area contributed by atoms with Crippen LogP contribution in [-0.4, -0.2) is 45.7 Å². The number of hydrogen-bond donors (Lipinski definition) is 4. The van der Waals surface area contributed by atoms with Gasteiger partial charge in [0.2, 0.25) is 0 Å². The van der Waals surface area contributed by atoms with Gasteiger partial charge in [-0.05, 0) is 6.42 Å². The number of nitrogens with one attached hydrogen (secondary N) is 1. The second-order valence-corrected chi connectivity index (χ2v) is 5.87. The van der Waals surface area contributed by atoms with Crippen LogP contribution in [0.5, 0.6) is 0 Å². The second kappa shape index (κ2) is 33.3. The van der Waals surface area contributed by atoms with E-state index in [0.717, 1.165) is 25.7 Å². The third-order valence-corrected chi connectivity index (χ3v) is 3.50. The molecule has 184 valence electrons. The first-order valence-corrected chi connectivity index (χ1v) is 10.4. The van der Waals surface area contributed by atoms with Crippen LogP contribution in [-0.2, 0) is 43.0 Å². The molecule has 4 N–H and O–H groups in total. The van der Waals surface area contributed by atoms with Gasteiger partial charge in [-0.15, -0.1) is 0 Å². The summed E-state index contributed by atoms with van der Waals surface area (Å²) in [5.74, 6) is -3.17. The first kappa shape index (κ1) is 42.3. The van der Waals surface area contributed by atoms with Crippen molar-refractivity contribution < 1.29 is 103 Å². The fraction of sp³-hybridized carbons (Fsp3) is 0.522. The zero-order chi connectivity index (χ0) is 24.5. The van der Waals surface area contributed by atoms with Gasteiger partial charge in [-0.3, -0.25) is 20.8 Å². The van der Waals surface area contributed by atoms with Gasteiger partial charge in [0.15, 0.2) is 5.97 Å². The number of carboxylic acid groups (broad SMARTS) is 3. The molecule has 0 radical (unpaired) electrons. The summed E-state index contributed by atoms with van der Waals surface area (Å²) in [6, 6.07) is 9.85. The molecule has 0 fully saturated rings. The molecule has 10 heteroatoms. The molecule has 1 aromatic carbocycles. The van der Waals surface area contributed by atoms with Crippen LogP contribution in [0.15, 0.2) is 24.3 Å². The van der Waals surface area contributed by atoms with Crippen LogP contribution in [0.25, 0.3) is 0 Å². The number of aliphatic carboxylic acids is 3. The third kappa shape index (κ3) is 35.9. The van der Waals surface area contributed by atoms with Crippen molar-refractivity contribution in [2.75, 3.05) is 0 Å². The summed E-state index contributed by atoms with van der Waals surface area (Å²) in [7, 11) is 0. The maximum absolute atomic E-state index is 10.3. The molecule has 0 spiro atoms. The molecule has 0 bridgehead atoms. The molecule has 0 saturated carbocycles. The number of carboxylic acids is 3. The van der Waals surface area contributed by atoms with Crippen molar-refractivity contribution in [2.45, 2.75) is 78.7 Å². The fourth-order valence-corrected chi connectivity index (χ4v) is 1.87. The van der Waals surface area contributed by atoms with Crippen LogP contribution in [0.1, 0.15) is 71.8 Å². The molecular weight excluding hydrogens is 493 g/mol. The standard InChI is InChI=1S/C8H9.C7H13O2.C6H8NO5.C2H6.Cr.K/c1-2-8-6-4-3-5-7-8;1-2-3-4-5-6-7(8)9;8-3-7-4(6(11)12)1-2-5(9)10;1-2;;/h4-7H,2H2,1H3;6H,2-5H2,1H3,(H,8,9);4H,1-2H2,(H,7,8)(H,9,10)(H,11,12);1-2H3;;/q3*-1;;;+1/t;;4-;;;/m..0.../s1. The topological polar surface area (TPSA) is 141 Å². The summed E-state index contributed by atoms with van der Waals surface area (Å²) in [4.78, 5) is 39.9. The maximum Gasteiger partial charge on any atom is 1.00 e. The van der Waals surface area contributed by atoms with Crippen molar-refractivity contribution in [2.24, 2.45) is 0 Å². The van der Waals surface area contributed by atoms with Crippen molar-refractivity contribution in [3.05, 3.63) is 42.3 Å². The van der Waals surface area contributed by atoms with E-state index in [1.54, 1.807) is 0 Å². The Labute approximate surface area is 251 Å². The van der Waals surface area contributed by atoms with Crippen molar-refractivity contribution in [1.82, 2.24) is 5.32 Å². The summed E-state index contributed by atoms with van der Waals surface area (Å²) < 4.78 is 0. The van der Waals surface area contributed by atoms with Crippen LogP contribution >= 0.6 is 0 Å². The van der Waals surface area contributed by atoms with Crippen LogP contribution in [0.2, 0.25) is 0 Å². The number of amides is 1. The molecule has 0 aliphatic heterocycles. The predicted octanol–water partition coefficient (Wildman–Crippen LogP) is 0.894. The minimum Gasteiger partial charge on any atom is -0.520 e. The van der Waals surface area contributed by atoms with E-state index in [0.29, 0.717) is 6.42 Å². The van der Waals surface area contributed by atoms with Gasteiger partial charge in [0.05, 0.1) is 6.04 Å². The number of rotatable bonds is 12. The van der Waals surface area contributed by atoms with Crippen molar-refractivity contribution in [3.63, 3.8) is 0 Å². The zero-order valence-electron chi connectivity index (χ0n) is 20.3. The summed E-state index contributed by atoms with van der Waals surface area (Å²) in [6.07, 6.45) is 7.18. The summed E-state index contributed by atoms with van der Waals surface area (Å²) in [5.41, 5.74) is 1.38. The van der Waals surface area contributed by atoms with Gasteiger partial charge in [0.1, 0.15) is 0 Å². The van der Waals surface area contributed by atoms with Gasteiger partial charge < -0.3 is 25.4 Å². The van der Waals surface area contributed by atoms with E-state index in [4.69, 9.17) is 15.3 Å². The minimum atomic E-state index is -1.26. The molecule has 0 aliphatic rings. The van der Waals surface area contributed by atoms with E-state index in [9.17, 15) is 19.2 Å². The fourth-order valence-electron chi connectivity index (χ4n) is 1.87. The normalized spacial score (nSPS) is 9.09. The van der Waals surface area contributed by atoms with Gasteiger partial charge in [-0.2, -0.15) is 48.7 Å². The SMILES string of the molecule is CC.CCCCC[CH-]C(=O)O.CCc1cc[c-]cc1.O=[C-]N[C@@H](CCC(=O)O)C(=O)O.[Cr].[K+]. The molecular formula is C23H36CrKNO7-2. The Morgan fingerprint density at radius 2 is 1.64 bits per heavy atom. The Morgan fingerprint density at radius 3 is 1.97 bits per heavy atom. The molecule has 0 aromatic heterocycles. The van der Waals surface area contributed by atoms with Gasteiger partial charge >= 0.3 is 63.3 Å². The monoisotopic (exact) mass is 529 g/mol. The average Bonchev–Trinajstić information content (AvgIpc) is 2.76. The Bertz CT molecular complexity index is 589. The van der Waals surface area contributed by atoms with Crippen molar-refractivity contribution in [1.29, 1.82) is 0 Å². The van der Waals surface area contributed by atoms with E-state index in [2.05, 4.69) is 32.0 Å². The van der Waals surface area contributed by atoms with Gasteiger partial charge in [0.25, 0.3) is 0 Å². The number of benzene rings is 1. The van der Waals surface area contributed by atoms with Crippen LogP contribution in [0, 0.1) is 12.5 Å². The van der Waals surface area contributed by atoms with Crippen molar-refractivity contribution in [3.8, 4) is 0 Å². The summed E-state index contributed by atoms with van der Waals surface area (Å²) >= 11 is 0. The van der Waals surface area contributed by atoms with Crippen molar-refractivity contribution >= 4 is 24.3 Å². The molecule has 1 amide bonds. The zero-order valence-corrected chi connectivity index (χ0v) is 24.7. The molecule has 33 heavy (non-hydrogen) atoms. The summed E-state index contributed by atoms with van der Waals surface area (Å²) in [6.45, 7) is 8.25. The number of unbranched alkanes of at least 4 members (excludes halogenated alkanes) is 3. The minimum absolute atomic E-state index is 0. The smallest absolute Gasteiger partial charge is 0.520 e. The molecule has 1 atom stereocenters. The molecule has 8 nitrogen and oxygen atoms in total. The molecule has 1 rings (SSSR count). The number of carbonyl (C=O) groups excluding carboxylic acids is 1. The molecule has 0 saturated heterocycles.